The number of benzene rings is 2. The molecule has 2 aromatic carbocycles. The van der Waals surface area contributed by atoms with Crippen LogP contribution in [0.15, 0.2) is 47.4 Å². The molecule has 0 bridgehead atoms. The van der Waals surface area contributed by atoms with E-state index in [1.807, 2.05) is 20.8 Å². The van der Waals surface area contributed by atoms with Gasteiger partial charge in [0, 0.05) is 38.6 Å². The Morgan fingerprint density at radius 2 is 1.79 bits per heavy atom. The summed E-state index contributed by atoms with van der Waals surface area (Å²) in [6.45, 7) is 9.64. The zero-order valence-electron chi connectivity index (χ0n) is 20.4. The molecule has 8 nitrogen and oxygen atoms in total. The van der Waals surface area contributed by atoms with Crippen molar-refractivity contribution in [3.63, 3.8) is 0 Å². The van der Waals surface area contributed by atoms with Crippen LogP contribution in [0.25, 0.3) is 0 Å². The number of hydrogen-bond acceptors (Lipinski definition) is 6. The van der Waals surface area contributed by atoms with Crippen LogP contribution >= 0.6 is 0 Å². The number of morpholine rings is 1. The van der Waals surface area contributed by atoms with E-state index in [4.69, 9.17) is 9.47 Å². The number of amides is 1. The van der Waals surface area contributed by atoms with E-state index in [9.17, 15) is 13.2 Å². The first kappa shape index (κ1) is 26.0. The highest BCUT2D eigenvalue weighted by molar-refractivity contribution is 7.92. The Bertz CT molecular complexity index is 1070. The van der Waals surface area contributed by atoms with Gasteiger partial charge in [-0.2, -0.15) is 0 Å². The Morgan fingerprint density at radius 1 is 1.12 bits per heavy atom. The molecular formula is C25H35N3O5S. The Labute approximate surface area is 202 Å². The second-order valence-corrected chi connectivity index (χ2v) is 10.5. The van der Waals surface area contributed by atoms with Crippen LogP contribution in [0.3, 0.4) is 0 Å². The second kappa shape index (κ2) is 11.7. The van der Waals surface area contributed by atoms with Crippen molar-refractivity contribution in [2.75, 3.05) is 50.8 Å². The van der Waals surface area contributed by atoms with Crippen molar-refractivity contribution in [2.24, 2.45) is 0 Å². The number of rotatable bonds is 10. The van der Waals surface area contributed by atoms with Crippen molar-refractivity contribution in [3.8, 4) is 5.75 Å². The van der Waals surface area contributed by atoms with Gasteiger partial charge in [0.1, 0.15) is 5.75 Å². The van der Waals surface area contributed by atoms with Crippen molar-refractivity contribution in [2.45, 2.75) is 38.1 Å². The predicted molar refractivity (Wildman–Crippen MR) is 133 cm³/mol. The van der Waals surface area contributed by atoms with Gasteiger partial charge in [0.25, 0.3) is 10.0 Å². The van der Waals surface area contributed by atoms with Crippen molar-refractivity contribution >= 4 is 21.6 Å². The standard InChI is InChI=1S/C25H35N3O5S/c1-19-5-10-24(17-20(19)2)34(30,31)28(22-6-8-23(32-4)9-7-22)12-11-25(29)26-21(3)18-27-13-15-33-16-14-27/h5-10,17,21H,11-16,18H2,1-4H3,(H,26,29). The molecule has 9 heteroatoms. The van der Waals surface area contributed by atoms with Crippen LogP contribution in [0.2, 0.25) is 0 Å². The summed E-state index contributed by atoms with van der Waals surface area (Å²) in [7, 11) is -2.31. The molecule has 1 amide bonds. The van der Waals surface area contributed by atoms with Crippen molar-refractivity contribution < 1.29 is 22.7 Å². The van der Waals surface area contributed by atoms with Crippen molar-refractivity contribution in [3.05, 3.63) is 53.6 Å². The summed E-state index contributed by atoms with van der Waals surface area (Å²) in [5, 5.41) is 3.00. The lowest BCUT2D eigenvalue weighted by Gasteiger charge is -2.29. The number of aryl methyl sites for hydroxylation is 2. The van der Waals surface area contributed by atoms with Gasteiger partial charge in [-0.05, 0) is 68.3 Å². The minimum absolute atomic E-state index is 0.0255. The molecule has 34 heavy (non-hydrogen) atoms. The van der Waals surface area contributed by atoms with Gasteiger partial charge in [-0.25, -0.2) is 8.42 Å². The van der Waals surface area contributed by atoms with Crippen LogP contribution in [0.1, 0.15) is 24.5 Å². The van der Waals surface area contributed by atoms with Gasteiger partial charge in [0.05, 0.1) is 30.9 Å². The average molecular weight is 490 g/mol. The highest BCUT2D eigenvalue weighted by atomic mass is 32.2. The maximum atomic E-state index is 13.6. The summed E-state index contributed by atoms with van der Waals surface area (Å²) < 4.78 is 39.1. The average Bonchev–Trinajstić information content (AvgIpc) is 2.81. The largest absolute Gasteiger partial charge is 0.497 e. The fourth-order valence-electron chi connectivity index (χ4n) is 3.90. The van der Waals surface area contributed by atoms with E-state index >= 15 is 0 Å². The Kier molecular flexibility index (Phi) is 8.93. The van der Waals surface area contributed by atoms with Gasteiger partial charge in [-0.3, -0.25) is 14.0 Å². The highest BCUT2D eigenvalue weighted by Crippen LogP contribution is 2.27. The molecule has 1 heterocycles. The minimum Gasteiger partial charge on any atom is -0.497 e. The van der Waals surface area contributed by atoms with E-state index in [1.165, 1.54) is 4.31 Å². The lowest BCUT2D eigenvalue weighted by atomic mass is 10.1. The van der Waals surface area contributed by atoms with Gasteiger partial charge in [0.2, 0.25) is 5.91 Å². The number of sulfonamides is 1. The number of hydrogen-bond donors (Lipinski definition) is 1. The third-order valence-corrected chi connectivity index (χ3v) is 7.84. The highest BCUT2D eigenvalue weighted by Gasteiger charge is 2.26. The Hall–Kier alpha value is -2.62. The molecule has 0 spiro atoms. The van der Waals surface area contributed by atoms with Gasteiger partial charge in [-0.1, -0.05) is 6.07 Å². The van der Waals surface area contributed by atoms with Crippen LogP contribution in [0.5, 0.6) is 5.75 Å². The molecule has 0 radical (unpaired) electrons. The molecule has 1 N–H and O–H groups in total. The molecular weight excluding hydrogens is 454 g/mol. The van der Waals surface area contributed by atoms with Crippen LogP contribution in [-0.2, 0) is 19.6 Å². The SMILES string of the molecule is COc1ccc(N(CCC(=O)NC(C)CN2CCOCC2)S(=O)(=O)c2ccc(C)c(C)c2)cc1. The second-order valence-electron chi connectivity index (χ2n) is 8.65. The van der Waals surface area contributed by atoms with Crippen LogP contribution < -0.4 is 14.4 Å². The molecule has 0 aromatic heterocycles. The first-order valence-electron chi connectivity index (χ1n) is 11.5. The number of ether oxygens (including phenoxy) is 2. The molecule has 1 aliphatic heterocycles. The Morgan fingerprint density at radius 3 is 2.41 bits per heavy atom. The van der Waals surface area contributed by atoms with E-state index in [0.29, 0.717) is 24.7 Å². The third kappa shape index (κ3) is 6.71. The van der Waals surface area contributed by atoms with Crippen molar-refractivity contribution in [1.29, 1.82) is 0 Å². The van der Waals surface area contributed by atoms with E-state index in [2.05, 4.69) is 10.2 Å². The maximum absolute atomic E-state index is 13.6. The van der Waals surface area contributed by atoms with Gasteiger partial charge in [-0.15, -0.1) is 0 Å². The van der Waals surface area contributed by atoms with Gasteiger partial charge in [0.15, 0.2) is 0 Å². The van der Waals surface area contributed by atoms with E-state index in [-0.39, 0.29) is 29.8 Å². The maximum Gasteiger partial charge on any atom is 0.264 e. The first-order chi connectivity index (χ1) is 16.2. The molecule has 3 rings (SSSR count). The summed E-state index contributed by atoms with van der Waals surface area (Å²) in [6.07, 6.45) is 0.0452. The van der Waals surface area contributed by atoms with E-state index in [0.717, 1.165) is 30.8 Å². The fourth-order valence-corrected chi connectivity index (χ4v) is 5.46. The predicted octanol–water partition coefficient (Wildman–Crippen LogP) is 2.73. The summed E-state index contributed by atoms with van der Waals surface area (Å²) in [6, 6.07) is 11.8. The zero-order chi connectivity index (χ0) is 24.7. The number of nitrogens with one attached hydrogen (secondary N) is 1. The quantitative estimate of drug-likeness (QED) is 0.552. The molecule has 0 saturated carbocycles. The zero-order valence-corrected chi connectivity index (χ0v) is 21.2. The Balaban J connectivity index is 1.74. The monoisotopic (exact) mass is 489 g/mol. The number of anilines is 1. The summed E-state index contributed by atoms with van der Waals surface area (Å²) in [4.78, 5) is 15.2. The molecule has 2 aromatic rings. The molecule has 1 saturated heterocycles. The number of carbonyl (C=O) groups is 1. The smallest absolute Gasteiger partial charge is 0.264 e. The van der Waals surface area contributed by atoms with Crippen LogP contribution in [0, 0.1) is 13.8 Å². The van der Waals surface area contributed by atoms with E-state index < -0.39 is 10.0 Å². The molecule has 1 fully saturated rings. The lowest BCUT2D eigenvalue weighted by Crippen LogP contribution is -2.46. The number of methoxy groups -OCH3 is 1. The van der Waals surface area contributed by atoms with Crippen molar-refractivity contribution in [1.82, 2.24) is 10.2 Å². The van der Waals surface area contributed by atoms with Crippen LogP contribution in [0.4, 0.5) is 5.69 Å². The first-order valence-corrected chi connectivity index (χ1v) is 13.0. The van der Waals surface area contributed by atoms with Crippen LogP contribution in [-0.4, -0.2) is 71.8 Å². The summed E-state index contributed by atoms with van der Waals surface area (Å²) in [5.41, 5.74) is 2.39. The fraction of sp³-hybridized carbons (Fsp3) is 0.480. The summed E-state index contributed by atoms with van der Waals surface area (Å²) >= 11 is 0. The molecule has 0 aliphatic carbocycles. The summed E-state index contributed by atoms with van der Waals surface area (Å²) in [5.74, 6) is 0.441. The normalized spacial score (nSPS) is 15.5. The third-order valence-electron chi connectivity index (χ3n) is 6.01. The minimum atomic E-state index is -3.87. The lowest BCUT2D eigenvalue weighted by molar-refractivity contribution is -0.121. The molecule has 1 atom stereocenters. The number of carbonyl (C=O) groups excluding carboxylic acids is 1. The molecule has 186 valence electrons. The van der Waals surface area contributed by atoms with Gasteiger partial charge < -0.3 is 14.8 Å². The number of nitrogens with zero attached hydrogens (tertiary/aromatic N) is 2. The topological polar surface area (TPSA) is 88.2 Å². The molecule has 1 aliphatic rings. The molecule has 1 unspecified atom stereocenters. The van der Waals surface area contributed by atoms with E-state index in [1.54, 1.807) is 49.6 Å². The van der Waals surface area contributed by atoms with Gasteiger partial charge >= 0.3 is 0 Å².